The number of halogens is 1. The molecule has 1 fully saturated rings. The highest BCUT2D eigenvalue weighted by atomic mass is 35.5. The first-order chi connectivity index (χ1) is 16.2. The van der Waals surface area contributed by atoms with Crippen molar-refractivity contribution in [3.05, 3.63) is 47.7 Å². The third kappa shape index (κ3) is 5.47. The van der Waals surface area contributed by atoms with Crippen LogP contribution in [-0.4, -0.2) is 49.3 Å². The Morgan fingerprint density at radius 3 is 2.74 bits per heavy atom. The van der Waals surface area contributed by atoms with E-state index in [1.54, 1.807) is 7.11 Å². The maximum atomic E-state index is 11.6. The summed E-state index contributed by atoms with van der Waals surface area (Å²) in [6.07, 6.45) is 5.67. The number of hydrogen-bond donors (Lipinski definition) is 1. The van der Waals surface area contributed by atoms with Gasteiger partial charge >= 0.3 is 0 Å². The third-order valence-corrected chi connectivity index (χ3v) is 6.79. The number of amides is 1. The summed E-state index contributed by atoms with van der Waals surface area (Å²) in [6.45, 7) is 3.93. The smallest absolute Gasteiger partial charge is 0.224 e. The van der Waals surface area contributed by atoms with Gasteiger partial charge in [0.1, 0.15) is 11.5 Å². The SMILES string of the molecule is COc1ccc2onc(C3CCN(CCCCOc4ccc5c(c4)NC(=O)CC5)CC3)c2c1.Cl. The lowest BCUT2D eigenvalue weighted by atomic mass is 9.91. The molecule has 1 amide bonds. The van der Waals surface area contributed by atoms with Crippen molar-refractivity contribution >= 4 is 35.0 Å². The number of unbranched alkanes of at least 4 members (excludes halogenated alkanes) is 1. The lowest BCUT2D eigenvalue weighted by molar-refractivity contribution is -0.116. The Morgan fingerprint density at radius 1 is 1.09 bits per heavy atom. The van der Waals surface area contributed by atoms with Gasteiger partial charge in [0.2, 0.25) is 5.91 Å². The number of aromatic nitrogens is 1. The Labute approximate surface area is 206 Å². The van der Waals surface area contributed by atoms with Gasteiger partial charge in [-0.15, -0.1) is 12.4 Å². The summed E-state index contributed by atoms with van der Waals surface area (Å²) in [7, 11) is 1.68. The van der Waals surface area contributed by atoms with Crippen LogP contribution in [0.2, 0.25) is 0 Å². The molecule has 0 atom stereocenters. The van der Waals surface area contributed by atoms with Gasteiger partial charge in [0.25, 0.3) is 0 Å². The van der Waals surface area contributed by atoms with Crippen molar-refractivity contribution in [2.45, 2.75) is 44.4 Å². The van der Waals surface area contributed by atoms with E-state index in [1.165, 1.54) is 5.56 Å². The average Bonchev–Trinajstić information content (AvgIpc) is 3.27. The van der Waals surface area contributed by atoms with Gasteiger partial charge in [-0.1, -0.05) is 11.2 Å². The molecule has 8 heteroatoms. The number of likely N-dealkylation sites (tertiary alicyclic amines) is 1. The molecule has 34 heavy (non-hydrogen) atoms. The first-order valence-electron chi connectivity index (χ1n) is 11.9. The fraction of sp³-hybridized carbons (Fsp3) is 0.462. The van der Waals surface area contributed by atoms with Crippen LogP contribution in [0, 0.1) is 0 Å². The minimum atomic E-state index is 0. The van der Waals surface area contributed by atoms with Gasteiger partial charge in [-0.3, -0.25) is 4.79 Å². The number of aryl methyl sites for hydroxylation is 1. The molecule has 0 unspecified atom stereocenters. The molecule has 0 aliphatic carbocycles. The lowest BCUT2D eigenvalue weighted by Gasteiger charge is -2.31. The van der Waals surface area contributed by atoms with Crippen LogP contribution in [0.5, 0.6) is 11.5 Å². The van der Waals surface area contributed by atoms with E-state index in [9.17, 15) is 4.79 Å². The molecule has 0 bridgehead atoms. The van der Waals surface area contributed by atoms with Crippen molar-refractivity contribution in [2.75, 3.05) is 38.7 Å². The van der Waals surface area contributed by atoms with E-state index in [-0.39, 0.29) is 18.3 Å². The number of piperidine rings is 1. The minimum absolute atomic E-state index is 0. The molecule has 2 aromatic carbocycles. The first kappa shape index (κ1) is 24.4. The zero-order chi connectivity index (χ0) is 22.6. The van der Waals surface area contributed by atoms with Crippen LogP contribution in [0.3, 0.4) is 0 Å². The first-order valence-corrected chi connectivity index (χ1v) is 11.9. The molecule has 1 aromatic heterocycles. The number of carbonyl (C=O) groups is 1. The normalized spacial score (nSPS) is 16.6. The molecular formula is C26H32ClN3O4. The largest absolute Gasteiger partial charge is 0.497 e. The van der Waals surface area contributed by atoms with Crippen LogP contribution >= 0.6 is 12.4 Å². The summed E-state index contributed by atoms with van der Waals surface area (Å²) in [5, 5.41) is 8.38. The number of anilines is 1. The highest BCUT2D eigenvalue weighted by molar-refractivity contribution is 5.94. The van der Waals surface area contributed by atoms with Crippen molar-refractivity contribution < 1.29 is 18.8 Å². The van der Waals surface area contributed by atoms with Crippen LogP contribution in [0.15, 0.2) is 40.9 Å². The molecule has 2 aliphatic heterocycles. The predicted octanol–water partition coefficient (Wildman–Crippen LogP) is 5.18. The van der Waals surface area contributed by atoms with E-state index in [0.717, 1.165) is 85.6 Å². The second kappa shape index (κ2) is 11.1. The van der Waals surface area contributed by atoms with E-state index in [1.807, 2.05) is 30.3 Å². The van der Waals surface area contributed by atoms with Crippen LogP contribution in [-0.2, 0) is 11.2 Å². The van der Waals surface area contributed by atoms with Crippen molar-refractivity contribution in [1.29, 1.82) is 0 Å². The van der Waals surface area contributed by atoms with E-state index in [0.29, 0.717) is 18.9 Å². The summed E-state index contributed by atoms with van der Waals surface area (Å²) < 4.78 is 16.8. The maximum absolute atomic E-state index is 11.6. The van der Waals surface area contributed by atoms with Crippen LogP contribution < -0.4 is 14.8 Å². The fourth-order valence-electron chi connectivity index (χ4n) is 4.86. The summed E-state index contributed by atoms with van der Waals surface area (Å²) in [5.41, 5.74) is 3.97. The van der Waals surface area contributed by atoms with Gasteiger partial charge in [0, 0.05) is 29.5 Å². The Morgan fingerprint density at radius 2 is 1.91 bits per heavy atom. The molecule has 7 nitrogen and oxygen atoms in total. The molecule has 182 valence electrons. The monoisotopic (exact) mass is 485 g/mol. The molecule has 2 aliphatic rings. The number of fused-ring (bicyclic) bond motifs is 2. The van der Waals surface area contributed by atoms with Crippen molar-refractivity contribution in [3.8, 4) is 11.5 Å². The fourth-order valence-corrected chi connectivity index (χ4v) is 4.86. The Balaban J connectivity index is 0.00000274. The molecule has 3 heterocycles. The number of rotatable bonds is 8. The zero-order valence-corrected chi connectivity index (χ0v) is 20.4. The number of benzene rings is 2. The van der Waals surface area contributed by atoms with Crippen molar-refractivity contribution in [3.63, 3.8) is 0 Å². The average molecular weight is 486 g/mol. The number of nitrogens with zero attached hydrogens (tertiary/aromatic N) is 2. The standard InChI is InChI=1S/C26H31N3O4.ClH/c1-31-20-7-8-24-22(16-20)26(28-33-24)19-10-13-29(14-11-19)12-2-3-15-32-21-6-4-18-5-9-25(30)27-23(18)17-21;/h4,6-8,16-17,19H,2-3,5,9-15H2,1H3,(H,27,30);1H. The predicted molar refractivity (Wildman–Crippen MR) is 134 cm³/mol. The number of carbonyl (C=O) groups excluding carboxylic acids is 1. The molecule has 1 N–H and O–H groups in total. The van der Waals surface area contributed by atoms with Crippen LogP contribution in [0.25, 0.3) is 11.0 Å². The summed E-state index contributed by atoms with van der Waals surface area (Å²) >= 11 is 0. The van der Waals surface area contributed by atoms with Crippen LogP contribution in [0.1, 0.15) is 49.3 Å². The minimum Gasteiger partial charge on any atom is -0.497 e. The van der Waals surface area contributed by atoms with Gasteiger partial charge in [-0.25, -0.2) is 0 Å². The summed E-state index contributed by atoms with van der Waals surface area (Å²) in [4.78, 5) is 14.1. The second-order valence-corrected chi connectivity index (χ2v) is 8.97. The Hall–Kier alpha value is -2.77. The number of hydrogen-bond acceptors (Lipinski definition) is 6. The number of nitrogens with one attached hydrogen (secondary N) is 1. The van der Waals surface area contributed by atoms with Gasteiger partial charge in [-0.05, 0) is 81.6 Å². The lowest BCUT2D eigenvalue weighted by Crippen LogP contribution is -2.34. The van der Waals surface area contributed by atoms with E-state index in [4.69, 9.17) is 14.0 Å². The summed E-state index contributed by atoms with van der Waals surface area (Å²) in [5.74, 6) is 2.18. The second-order valence-electron chi connectivity index (χ2n) is 8.97. The van der Waals surface area contributed by atoms with Crippen LogP contribution in [0.4, 0.5) is 5.69 Å². The molecule has 5 rings (SSSR count). The molecule has 0 saturated carbocycles. The van der Waals surface area contributed by atoms with Gasteiger partial charge in [-0.2, -0.15) is 0 Å². The maximum Gasteiger partial charge on any atom is 0.224 e. The Bertz CT molecular complexity index is 1120. The number of ether oxygens (including phenoxy) is 2. The molecular weight excluding hydrogens is 454 g/mol. The molecule has 0 radical (unpaired) electrons. The molecule has 0 spiro atoms. The highest BCUT2D eigenvalue weighted by Gasteiger charge is 2.25. The van der Waals surface area contributed by atoms with E-state index < -0.39 is 0 Å². The van der Waals surface area contributed by atoms with Gasteiger partial charge < -0.3 is 24.2 Å². The highest BCUT2D eigenvalue weighted by Crippen LogP contribution is 2.34. The Kier molecular flexibility index (Phi) is 7.95. The van der Waals surface area contributed by atoms with E-state index >= 15 is 0 Å². The number of methoxy groups -OCH3 is 1. The van der Waals surface area contributed by atoms with Crippen molar-refractivity contribution in [2.24, 2.45) is 0 Å². The third-order valence-electron chi connectivity index (χ3n) is 6.79. The zero-order valence-electron chi connectivity index (χ0n) is 19.5. The molecule has 3 aromatic rings. The quantitative estimate of drug-likeness (QED) is 0.443. The molecule has 1 saturated heterocycles. The van der Waals surface area contributed by atoms with Crippen molar-refractivity contribution in [1.82, 2.24) is 10.1 Å². The van der Waals surface area contributed by atoms with Gasteiger partial charge in [0.05, 0.1) is 19.4 Å². The van der Waals surface area contributed by atoms with E-state index in [2.05, 4.69) is 21.4 Å². The summed E-state index contributed by atoms with van der Waals surface area (Å²) in [6, 6.07) is 11.9. The van der Waals surface area contributed by atoms with Gasteiger partial charge in [0.15, 0.2) is 5.58 Å². The topological polar surface area (TPSA) is 76.8 Å².